The van der Waals surface area contributed by atoms with Crippen LogP contribution in [0.25, 0.3) is 21.2 Å². The third-order valence-electron chi connectivity index (χ3n) is 5.89. The summed E-state index contributed by atoms with van der Waals surface area (Å²) in [6.45, 7) is 0. The molecule has 1 saturated carbocycles. The first kappa shape index (κ1) is 20.4. The van der Waals surface area contributed by atoms with Gasteiger partial charge in [0.25, 0.3) is 0 Å². The summed E-state index contributed by atoms with van der Waals surface area (Å²) in [6.07, 6.45) is 6.49. The highest BCUT2D eigenvalue weighted by Crippen LogP contribution is 2.35. The average Bonchev–Trinajstić information content (AvgIpc) is 3.34. The van der Waals surface area contributed by atoms with Crippen molar-refractivity contribution in [3.8, 4) is 0 Å². The Balaban J connectivity index is 1.43. The maximum absolute atomic E-state index is 13.1. The van der Waals surface area contributed by atoms with E-state index >= 15 is 0 Å². The Morgan fingerprint density at radius 3 is 2.77 bits per heavy atom. The highest BCUT2D eigenvalue weighted by Gasteiger charge is 2.22. The first-order chi connectivity index (χ1) is 15.2. The van der Waals surface area contributed by atoms with E-state index < -0.39 is 0 Å². The van der Waals surface area contributed by atoms with Crippen molar-refractivity contribution in [3.05, 3.63) is 64.7 Å². The predicted molar refractivity (Wildman–Crippen MR) is 128 cm³/mol. The van der Waals surface area contributed by atoms with Crippen LogP contribution in [0, 0.1) is 0 Å². The lowest BCUT2D eigenvalue weighted by atomic mass is 10.0. The van der Waals surface area contributed by atoms with Crippen molar-refractivity contribution >= 4 is 50.2 Å². The second-order valence-electron chi connectivity index (χ2n) is 7.94. The Hall–Kier alpha value is -2.51. The summed E-state index contributed by atoms with van der Waals surface area (Å²) in [5.74, 6) is 0.853. The lowest BCUT2D eigenvalue weighted by Crippen LogP contribution is -2.23. The maximum Gasteiger partial charge on any atom is 0.307 e. The zero-order chi connectivity index (χ0) is 21.2. The van der Waals surface area contributed by atoms with Gasteiger partial charge in [-0.25, -0.2) is 5.43 Å². The van der Waals surface area contributed by atoms with Gasteiger partial charge in [-0.3, -0.25) is 4.79 Å². The zero-order valence-electron chi connectivity index (χ0n) is 17.5. The van der Waals surface area contributed by atoms with Gasteiger partial charge in [-0.15, -0.1) is 5.10 Å². The predicted octanol–water partition coefficient (Wildman–Crippen LogP) is 5.80. The van der Waals surface area contributed by atoms with E-state index in [1.54, 1.807) is 11.3 Å². The number of furan rings is 1. The highest BCUT2D eigenvalue weighted by atomic mass is 32.2. The molecular weight excluding hydrogens is 426 g/mol. The Kier molecular flexibility index (Phi) is 5.87. The van der Waals surface area contributed by atoms with E-state index in [1.165, 1.54) is 32.1 Å². The molecule has 2 aromatic heterocycles. The van der Waals surface area contributed by atoms with Gasteiger partial charge in [0.2, 0.25) is 4.80 Å². The lowest BCUT2D eigenvalue weighted by molar-refractivity contribution is 0.0926. The number of nitrogens with one attached hydrogen (secondary N) is 1. The van der Waals surface area contributed by atoms with Crippen LogP contribution in [-0.2, 0) is 12.8 Å². The summed E-state index contributed by atoms with van der Waals surface area (Å²) in [4.78, 5) is 13.8. The third-order valence-corrected chi connectivity index (χ3v) is 8.40. The minimum absolute atomic E-state index is 0.298. The molecule has 5 rings (SSSR count). The summed E-state index contributed by atoms with van der Waals surface area (Å²) in [5.41, 5.74) is 5.54. The first-order valence-electron chi connectivity index (χ1n) is 10.7. The molecule has 1 aliphatic carbocycles. The minimum atomic E-state index is -0.298. The normalized spacial score (nSPS) is 15.7. The number of amides is 1. The number of para-hydroxylation sites is 2. The number of aromatic nitrogens is 1. The lowest BCUT2D eigenvalue weighted by Gasteiger charge is -2.20. The molecule has 0 aliphatic heterocycles. The number of hydrogen-bond donors (Lipinski definition) is 1. The molecule has 2 heterocycles. The van der Waals surface area contributed by atoms with Crippen LogP contribution in [-0.4, -0.2) is 15.7 Å². The van der Waals surface area contributed by atoms with Crippen molar-refractivity contribution in [2.45, 2.75) is 43.1 Å². The summed E-state index contributed by atoms with van der Waals surface area (Å²) in [5, 5.41) is 6.08. The molecule has 160 valence electrons. The summed E-state index contributed by atoms with van der Waals surface area (Å²) < 4.78 is 9.11. The molecule has 0 bridgehead atoms. The van der Waals surface area contributed by atoms with Gasteiger partial charge in [-0.05, 0) is 31.0 Å². The van der Waals surface area contributed by atoms with Gasteiger partial charge in [0.15, 0.2) is 5.76 Å². The first-order valence-corrected chi connectivity index (χ1v) is 12.6. The highest BCUT2D eigenvalue weighted by molar-refractivity contribution is 7.99. The van der Waals surface area contributed by atoms with Crippen LogP contribution in [0.15, 0.2) is 58.0 Å². The maximum atomic E-state index is 13.1. The molecule has 0 unspecified atom stereocenters. The van der Waals surface area contributed by atoms with Crippen molar-refractivity contribution in [1.29, 1.82) is 0 Å². The molecule has 0 saturated heterocycles. The Labute approximate surface area is 189 Å². The average molecular weight is 452 g/mol. The van der Waals surface area contributed by atoms with Crippen LogP contribution in [0.2, 0.25) is 0 Å². The summed E-state index contributed by atoms with van der Waals surface area (Å²) >= 11 is 3.49. The quantitative estimate of drug-likeness (QED) is 0.390. The van der Waals surface area contributed by atoms with E-state index in [9.17, 15) is 4.79 Å². The number of carbonyl (C=O) groups is 1. The molecule has 1 fully saturated rings. The van der Waals surface area contributed by atoms with Crippen molar-refractivity contribution in [3.63, 3.8) is 0 Å². The fourth-order valence-corrected chi connectivity index (χ4v) is 6.53. The number of hydrogen-bond acceptors (Lipinski definition) is 5. The van der Waals surface area contributed by atoms with Gasteiger partial charge >= 0.3 is 5.91 Å². The molecule has 1 aliphatic rings. The molecule has 31 heavy (non-hydrogen) atoms. The van der Waals surface area contributed by atoms with Crippen molar-refractivity contribution < 1.29 is 9.21 Å². The molecule has 1 amide bonds. The molecular formula is C24H25N3O2S2. The van der Waals surface area contributed by atoms with E-state index in [-0.39, 0.29) is 5.91 Å². The fraction of sp³-hybridized carbons (Fsp3) is 0.333. The number of aryl methyl sites for hydroxylation is 1. The minimum Gasteiger partial charge on any atom is -0.451 e. The molecule has 0 spiro atoms. The monoisotopic (exact) mass is 451 g/mol. The van der Waals surface area contributed by atoms with Crippen LogP contribution in [0.4, 0.5) is 0 Å². The number of thiazole rings is 1. The number of thioether (sulfide) groups is 1. The fourth-order valence-electron chi connectivity index (χ4n) is 4.20. The Morgan fingerprint density at radius 2 is 1.94 bits per heavy atom. The second kappa shape index (κ2) is 8.93. The standard InChI is InChI=1S/C24H25N3O2S2/c1-27-19-12-6-8-14-21(19)31-24(27)26-25-23(28)22-18(15-30-16-9-3-2-4-10-16)17-11-5-7-13-20(17)29-22/h5-8,11-14,16H,2-4,9-10,15H2,1H3,(H,25,28)/b26-24+. The zero-order valence-corrected chi connectivity index (χ0v) is 19.1. The van der Waals surface area contributed by atoms with E-state index in [2.05, 4.69) is 16.6 Å². The molecule has 5 nitrogen and oxygen atoms in total. The van der Waals surface area contributed by atoms with E-state index in [4.69, 9.17) is 4.42 Å². The van der Waals surface area contributed by atoms with Gasteiger partial charge in [0.1, 0.15) is 5.58 Å². The van der Waals surface area contributed by atoms with E-state index in [0.29, 0.717) is 11.0 Å². The van der Waals surface area contributed by atoms with Gasteiger partial charge in [-0.1, -0.05) is 60.9 Å². The number of fused-ring (bicyclic) bond motifs is 2. The van der Waals surface area contributed by atoms with Gasteiger partial charge < -0.3 is 8.98 Å². The second-order valence-corrected chi connectivity index (χ2v) is 10.2. The van der Waals surface area contributed by atoms with Crippen LogP contribution in [0.3, 0.4) is 0 Å². The Morgan fingerprint density at radius 1 is 1.16 bits per heavy atom. The molecule has 7 heteroatoms. The van der Waals surface area contributed by atoms with Crippen LogP contribution < -0.4 is 10.2 Å². The van der Waals surface area contributed by atoms with E-state index in [1.807, 2.05) is 65.8 Å². The summed E-state index contributed by atoms with van der Waals surface area (Å²) in [7, 11) is 1.96. The number of benzene rings is 2. The smallest absolute Gasteiger partial charge is 0.307 e. The molecule has 4 aromatic rings. The van der Waals surface area contributed by atoms with Gasteiger partial charge in [0.05, 0.1) is 10.2 Å². The number of nitrogens with zero attached hydrogens (tertiary/aromatic N) is 2. The molecule has 0 atom stereocenters. The van der Waals surface area contributed by atoms with Crippen LogP contribution in [0.1, 0.15) is 48.2 Å². The molecule has 1 N–H and O–H groups in total. The van der Waals surface area contributed by atoms with Crippen molar-refractivity contribution in [1.82, 2.24) is 9.99 Å². The van der Waals surface area contributed by atoms with Crippen molar-refractivity contribution in [2.75, 3.05) is 0 Å². The Bertz CT molecular complexity index is 1300. The van der Waals surface area contributed by atoms with Crippen LogP contribution >= 0.6 is 23.1 Å². The van der Waals surface area contributed by atoms with Crippen LogP contribution in [0.5, 0.6) is 0 Å². The topological polar surface area (TPSA) is 59.5 Å². The summed E-state index contributed by atoms with van der Waals surface area (Å²) in [6, 6.07) is 16.0. The molecule has 0 radical (unpaired) electrons. The number of carbonyl (C=O) groups excluding carboxylic acids is 1. The molecule has 2 aromatic carbocycles. The van der Waals surface area contributed by atoms with Crippen molar-refractivity contribution in [2.24, 2.45) is 12.1 Å². The number of rotatable bonds is 5. The van der Waals surface area contributed by atoms with E-state index in [0.717, 1.165) is 37.3 Å². The SMILES string of the molecule is Cn1/c(=N\NC(=O)c2oc3ccccc3c2CSC2CCCCC2)sc2ccccc21. The largest absolute Gasteiger partial charge is 0.451 e. The third kappa shape index (κ3) is 4.16. The van der Waals surface area contributed by atoms with Gasteiger partial charge in [-0.2, -0.15) is 11.8 Å². The van der Waals surface area contributed by atoms with Gasteiger partial charge in [0, 0.05) is 29.0 Å².